The topological polar surface area (TPSA) is 57.6 Å². The third kappa shape index (κ3) is 3.90. The quantitative estimate of drug-likeness (QED) is 0.753. The zero-order valence-corrected chi connectivity index (χ0v) is 9.24. The smallest absolute Gasteiger partial charge is 0.303 e. The van der Waals surface area contributed by atoms with Gasteiger partial charge in [0.2, 0.25) is 5.91 Å². The lowest BCUT2D eigenvalue weighted by atomic mass is 10.0. The van der Waals surface area contributed by atoms with Crippen molar-refractivity contribution in [2.75, 3.05) is 13.1 Å². The largest absolute Gasteiger partial charge is 0.481 e. The number of nitrogens with zero attached hydrogens (tertiary/aromatic N) is 1. The summed E-state index contributed by atoms with van der Waals surface area (Å²) in [6.45, 7) is 3.56. The number of carbonyl (C=O) groups is 2. The second-order valence-corrected chi connectivity index (χ2v) is 4.18. The van der Waals surface area contributed by atoms with Crippen LogP contribution in [0.5, 0.6) is 0 Å². The second-order valence-electron chi connectivity index (χ2n) is 4.18. The highest BCUT2D eigenvalue weighted by Gasteiger charge is 2.25. The van der Waals surface area contributed by atoms with E-state index >= 15 is 0 Å². The Morgan fingerprint density at radius 1 is 1.40 bits per heavy atom. The SMILES string of the molecule is CCCC(=O)N1CCC(CCC(=O)O)C1. The van der Waals surface area contributed by atoms with Crippen LogP contribution >= 0.6 is 0 Å². The summed E-state index contributed by atoms with van der Waals surface area (Å²) < 4.78 is 0. The van der Waals surface area contributed by atoms with Crippen LogP contribution in [-0.2, 0) is 9.59 Å². The Balaban J connectivity index is 2.26. The second kappa shape index (κ2) is 5.73. The molecule has 1 saturated heterocycles. The van der Waals surface area contributed by atoms with E-state index in [1.807, 2.05) is 11.8 Å². The molecule has 0 radical (unpaired) electrons. The van der Waals surface area contributed by atoms with Gasteiger partial charge in [-0.2, -0.15) is 0 Å². The molecule has 0 aliphatic carbocycles. The molecule has 1 amide bonds. The standard InChI is InChI=1S/C11H19NO3/c1-2-3-10(13)12-7-6-9(8-12)4-5-11(14)15/h9H,2-8H2,1H3,(H,14,15). The monoisotopic (exact) mass is 213 g/mol. The molecule has 1 rings (SSSR count). The predicted molar refractivity (Wildman–Crippen MR) is 56.5 cm³/mol. The van der Waals surface area contributed by atoms with Crippen molar-refractivity contribution >= 4 is 11.9 Å². The van der Waals surface area contributed by atoms with Crippen molar-refractivity contribution in [3.05, 3.63) is 0 Å². The van der Waals surface area contributed by atoms with E-state index in [1.54, 1.807) is 0 Å². The van der Waals surface area contributed by atoms with Gasteiger partial charge >= 0.3 is 5.97 Å². The minimum absolute atomic E-state index is 0.218. The molecular weight excluding hydrogens is 194 g/mol. The number of aliphatic carboxylic acids is 1. The van der Waals surface area contributed by atoms with E-state index in [0.717, 1.165) is 25.9 Å². The molecule has 86 valence electrons. The van der Waals surface area contributed by atoms with Gasteiger partial charge in [-0.05, 0) is 25.2 Å². The lowest BCUT2D eigenvalue weighted by molar-refractivity contribution is -0.137. The van der Waals surface area contributed by atoms with Crippen molar-refractivity contribution in [3.8, 4) is 0 Å². The maximum absolute atomic E-state index is 11.5. The van der Waals surface area contributed by atoms with E-state index in [1.165, 1.54) is 0 Å². The molecule has 0 bridgehead atoms. The van der Waals surface area contributed by atoms with E-state index in [9.17, 15) is 9.59 Å². The highest BCUT2D eigenvalue weighted by molar-refractivity contribution is 5.76. The molecule has 0 aromatic rings. The minimum atomic E-state index is -0.742. The van der Waals surface area contributed by atoms with Crippen molar-refractivity contribution in [2.45, 2.75) is 39.0 Å². The molecule has 4 nitrogen and oxygen atoms in total. The Kier molecular flexibility index (Phi) is 4.59. The summed E-state index contributed by atoms with van der Waals surface area (Å²) in [7, 11) is 0. The molecule has 0 aromatic carbocycles. The first-order valence-electron chi connectivity index (χ1n) is 5.63. The van der Waals surface area contributed by atoms with E-state index in [4.69, 9.17) is 5.11 Å². The summed E-state index contributed by atoms with van der Waals surface area (Å²) in [4.78, 5) is 23.8. The summed E-state index contributed by atoms with van der Waals surface area (Å²) in [6.07, 6.45) is 3.38. The minimum Gasteiger partial charge on any atom is -0.481 e. The van der Waals surface area contributed by atoms with Crippen molar-refractivity contribution in [1.82, 2.24) is 4.90 Å². The average Bonchev–Trinajstić information content (AvgIpc) is 2.63. The highest BCUT2D eigenvalue weighted by atomic mass is 16.4. The molecule has 4 heteroatoms. The molecule has 1 aliphatic rings. The van der Waals surface area contributed by atoms with Gasteiger partial charge in [-0.3, -0.25) is 9.59 Å². The molecule has 15 heavy (non-hydrogen) atoms. The summed E-state index contributed by atoms with van der Waals surface area (Å²) in [5, 5.41) is 8.55. The van der Waals surface area contributed by atoms with Gasteiger partial charge in [-0.25, -0.2) is 0 Å². The van der Waals surface area contributed by atoms with Crippen molar-refractivity contribution in [3.63, 3.8) is 0 Å². The van der Waals surface area contributed by atoms with Gasteiger partial charge in [0.1, 0.15) is 0 Å². The molecule has 1 atom stereocenters. The van der Waals surface area contributed by atoms with Crippen LogP contribution in [0.15, 0.2) is 0 Å². The van der Waals surface area contributed by atoms with Crippen molar-refractivity contribution in [2.24, 2.45) is 5.92 Å². The summed E-state index contributed by atoms with van der Waals surface area (Å²) in [6, 6.07) is 0. The third-order valence-corrected chi connectivity index (χ3v) is 2.87. The fourth-order valence-electron chi connectivity index (χ4n) is 1.99. The molecule has 1 fully saturated rings. The first-order valence-corrected chi connectivity index (χ1v) is 5.63. The Hall–Kier alpha value is -1.06. The van der Waals surface area contributed by atoms with Crippen molar-refractivity contribution < 1.29 is 14.7 Å². The first-order chi connectivity index (χ1) is 7.13. The Labute approximate surface area is 90.3 Å². The Morgan fingerprint density at radius 2 is 2.13 bits per heavy atom. The lowest BCUT2D eigenvalue weighted by Crippen LogP contribution is -2.28. The highest BCUT2D eigenvalue weighted by Crippen LogP contribution is 2.21. The fraction of sp³-hybridized carbons (Fsp3) is 0.818. The van der Waals surface area contributed by atoms with Gasteiger partial charge in [0.25, 0.3) is 0 Å². The number of rotatable bonds is 5. The van der Waals surface area contributed by atoms with E-state index < -0.39 is 5.97 Å². The first kappa shape index (κ1) is 12.0. The predicted octanol–water partition coefficient (Wildman–Crippen LogP) is 1.50. The van der Waals surface area contributed by atoms with Crippen molar-refractivity contribution in [1.29, 1.82) is 0 Å². The zero-order chi connectivity index (χ0) is 11.3. The van der Waals surface area contributed by atoms with Crippen LogP contribution < -0.4 is 0 Å². The number of amides is 1. The molecule has 1 N–H and O–H groups in total. The van der Waals surface area contributed by atoms with Crippen LogP contribution in [0.1, 0.15) is 39.0 Å². The third-order valence-electron chi connectivity index (χ3n) is 2.87. The Bertz CT molecular complexity index is 240. The van der Waals surface area contributed by atoms with E-state index in [0.29, 0.717) is 18.8 Å². The number of likely N-dealkylation sites (tertiary alicyclic amines) is 1. The molecule has 0 aromatic heterocycles. The van der Waals surface area contributed by atoms with Gasteiger partial charge in [-0.1, -0.05) is 6.92 Å². The number of carboxylic acid groups (broad SMARTS) is 1. The molecule has 0 spiro atoms. The number of carboxylic acids is 1. The maximum atomic E-state index is 11.5. The van der Waals surface area contributed by atoms with Gasteiger partial charge in [0.05, 0.1) is 0 Å². The number of hydrogen-bond donors (Lipinski definition) is 1. The van der Waals surface area contributed by atoms with Crippen LogP contribution in [0.2, 0.25) is 0 Å². The normalized spacial score (nSPS) is 20.6. The van der Waals surface area contributed by atoms with Crippen LogP contribution in [0, 0.1) is 5.92 Å². The molecule has 1 aliphatic heterocycles. The molecule has 1 unspecified atom stereocenters. The number of hydrogen-bond acceptors (Lipinski definition) is 2. The van der Waals surface area contributed by atoms with Gasteiger partial charge in [0.15, 0.2) is 0 Å². The van der Waals surface area contributed by atoms with Gasteiger partial charge < -0.3 is 10.0 Å². The van der Waals surface area contributed by atoms with Crippen LogP contribution in [0.25, 0.3) is 0 Å². The molecule has 0 saturated carbocycles. The summed E-state index contributed by atoms with van der Waals surface area (Å²) in [5.41, 5.74) is 0. The summed E-state index contributed by atoms with van der Waals surface area (Å²) in [5.74, 6) is -0.134. The summed E-state index contributed by atoms with van der Waals surface area (Å²) >= 11 is 0. The van der Waals surface area contributed by atoms with Crippen LogP contribution in [-0.4, -0.2) is 35.0 Å². The van der Waals surface area contributed by atoms with Gasteiger partial charge in [0, 0.05) is 25.9 Å². The van der Waals surface area contributed by atoms with Gasteiger partial charge in [-0.15, -0.1) is 0 Å². The fourth-order valence-corrected chi connectivity index (χ4v) is 1.99. The Morgan fingerprint density at radius 3 is 2.73 bits per heavy atom. The molecule has 1 heterocycles. The zero-order valence-electron chi connectivity index (χ0n) is 9.24. The molecular formula is C11H19NO3. The van der Waals surface area contributed by atoms with E-state index in [-0.39, 0.29) is 12.3 Å². The van der Waals surface area contributed by atoms with Crippen LogP contribution in [0.3, 0.4) is 0 Å². The van der Waals surface area contributed by atoms with E-state index in [2.05, 4.69) is 0 Å². The number of carbonyl (C=O) groups excluding carboxylic acids is 1. The maximum Gasteiger partial charge on any atom is 0.303 e. The average molecular weight is 213 g/mol. The van der Waals surface area contributed by atoms with Crippen LogP contribution in [0.4, 0.5) is 0 Å². The lowest BCUT2D eigenvalue weighted by Gasteiger charge is -2.15.